The van der Waals surface area contributed by atoms with Gasteiger partial charge in [-0.15, -0.1) is 0 Å². The van der Waals surface area contributed by atoms with E-state index in [0.29, 0.717) is 17.6 Å². The van der Waals surface area contributed by atoms with Gasteiger partial charge in [0.25, 0.3) is 11.5 Å². The summed E-state index contributed by atoms with van der Waals surface area (Å²) in [6, 6.07) is 16.3. The highest BCUT2D eigenvalue weighted by molar-refractivity contribution is 6.17. The predicted molar refractivity (Wildman–Crippen MR) is 132 cm³/mol. The Labute approximate surface area is 188 Å². The zero-order chi connectivity index (χ0) is 22.8. The molecule has 0 aliphatic carbocycles. The minimum Gasteiger partial charge on any atom is -0.372 e. The molecule has 0 saturated heterocycles. The number of amides is 1. The second-order valence-corrected chi connectivity index (χ2v) is 8.29. The van der Waals surface area contributed by atoms with E-state index in [4.69, 9.17) is 0 Å². The van der Waals surface area contributed by atoms with Gasteiger partial charge in [-0.2, -0.15) is 0 Å². The van der Waals surface area contributed by atoms with Gasteiger partial charge in [0.05, 0.1) is 5.56 Å². The highest BCUT2D eigenvalue weighted by Gasteiger charge is 2.20. The van der Waals surface area contributed by atoms with Gasteiger partial charge in [0.15, 0.2) is 0 Å². The van der Waals surface area contributed by atoms with Crippen molar-refractivity contribution in [3.8, 4) is 0 Å². The summed E-state index contributed by atoms with van der Waals surface area (Å²) in [7, 11) is 3.57. The Morgan fingerprint density at radius 1 is 1.09 bits per heavy atom. The van der Waals surface area contributed by atoms with Crippen molar-refractivity contribution in [3.05, 3.63) is 76.2 Å². The Hall–Kier alpha value is -3.54. The lowest BCUT2D eigenvalue weighted by molar-refractivity contribution is 0.0954. The first-order valence-corrected chi connectivity index (χ1v) is 11.1. The fourth-order valence-corrected chi connectivity index (χ4v) is 4.43. The number of carbonyl (C=O) groups excluding carboxylic acids is 1. The van der Waals surface area contributed by atoms with Crippen LogP contribution in [0.4, 0.5) is 5.69 Å². The molecule has 0 saturated carbocycles. The maximum Gasteiger partial charge on any atom is 0.274 e. The predicted octanol–water partition coefficient (Wildman–Crippen LogP) is 3.99. The van der Waals surface area contributed by atoms with Crippen molar-refractivity contribution >= 4 is 33.4 Å². The number of carbonyl (C=O) groups is 1. The minimum absolute atomic E-state index is 0.105. The number of hydrogen-bond acceptors (Lipinski definition) is 3. The summed E-state index contributed by atoms with van der Waals surface area (Å²) in [5, 5.41) is 4.71. The Bertz CT molecular complexity index is 1350. The zero-order valence-electron chi connectivity index (χ0n) is 19.2. The molecule has 0 aliphatic rings. The fourth-order valence-electron chi connectivity index (χ4n) is 4.43. The second kappa shape index (κ2) is 8.91. The molecule has 2 aromatic carbocycles. The molecule has 166 valence electrons. The Morgan fingerprint density at radius 3 is 2.62 bits per heavy atom. The van der Waals surface area contributed by atoms with Crippen LogP contribution in [0.15, 0.2) is 59.5 Å². The Balaban J connectivity index is 1.54. The quantitative estimate of drug-likeness (QED) is 0.451. The van der Waals surface area contributed by atoms with Crippen LogP contribution in [-0.2, 0) is 14.1 Å². The van der Waals surface area contributed by atoms with Gasteiger partial charge in [-0.3, -0.25) is 9.59 Å². The lowest BCUT2D eigenvalue weighted by Crippen LogP contribution is -2.31. The van der Waals surface area contributed by atoms with Crippen molar-refractivity contribution < 1.29 is 4.79 Å². The van der Waals surface area contributed by atoms with E-state index in [1.165, 1.54) is 15.8 Å². The summed E-state index contributed by atoms with van der Waals surface area (Å²) in [5.41, 5.74) is 4.36. The highest BCUT2D eigenvalue weighted by atomic mass is 16.2. The number of fused-ring (bicyclic) bond motifs is 3. The third-order valence-corrected chi connectivity index (χ3v) is 6.11. The van der Waals surface area contributed by atoms with Crippen LogP contribution in [0.3, 0.4) is 0 Å². The van der Waals surface area contributed by atoms with E-state index in [9.17, 15) is 9.59 Å². The van der Waals surface area contributed by atoms with Gasteiger partial charge in [-0.1, -0.05) is 30.3 Å². The summed E-state index contributed by atoms with van der Waals surface area (Å²) in [5.74, 6) is -0.152. The fraction of sp³-hybridized carbons (Fsp3) is 0.308. The number of para-hydroxylation sites is 1. The third-order valence-electron chi connectivity index (χ3n) is 6.11. The van der Waals surface area contributed by atoms with Crippen LogP contribution in [0.1, 0.15) is 29.3 Å². The van der Waals surface area contributed by atoms with E-state index >= 15 is 0 Å². The molecule has 2 heterocycles. The molecule has 0 bridgehead atoms. The van der Waals surface area contributed by atoms with Crippen LogP contribution in [0, 0.1) is 6.92 Å². The van der Waals surface area contributed by atoms with Crippen LogP contribution >= 0.6 is 0 Å². The van der Waals surface area contributed by atoms with Crippen LogP contribution in [0.2, 0.25) is 0 Å². The number of aromatic nitrogens is 2. The maximum atomic E-state index is 13.2. The van der Waals surface area contributed by atoms with Gasteiger partial charge in [0.1, 0.15) is 5.52 Å². The van der Waals surface area contributed by atoms with Crippen molar-refractivity contribution in [2.45, 2.75) is 20.3 Å². The molecule has 4 rings (SSSR count). The smallest absolute Gasteiger partial charge is 0.274 e. The van der Waals surface area contributed by atoms with E-state index in [2.05, 4.69) is 48.3 Å². The van der Waals surface area contributed by atoms with E-state index in [1.807, 2.05) is 35.9 Å². The molecule has 0 radical (unpaired) electrons. The molecule has 0 fully saturated rings. The van der Waals surface area contributed by atoms with Crippen LogP contribution in [0.5, 0.6) is 0 Å². The molecule has 4 aromatic rings. The van der Waals surface area contributed by atoms with Gasteiger partial charge in [0, 0.05) is 61.9 Å². The SMILES string of the molecule is CCN(CCCNC(=O)c1cn(C)c(=O)c2c1c1ccccc1n2C)c1cccc(C)c1. The van der Waals surface area contributed by atoms with Crippen molar-refractivity contribution in [2.75, 3.05) is 24.5 Å². The van der Waals surface area contributed by atoms with Gasteiger partial charge in [0.2, 0.25) is 0 Å². The molecule has 1 N–H and O–H groups in total. The minimum atomic E-state index is -0.152. The molecule has 0 atom stereocenters. The standard InChI is InChI=1S/C26H30N4O2/c1-5-30(19-11-8-10-18(2)16-19)15-9-14-27-25(31)21-17-28(3)26(32)24-23(21)20-12-6-7-13-22(20)29(24)4/h6-8,10-13,16-17H,5,9,14-15H2,1-4H3,(H,27,31). The normalized spacial score (nSPS) is 11.2. The monoisotopic (exact) mass is 430 g/mol. The summed E-state index contributed by atoms with van der Waals surface area (Å²) >= 11 is 0. The number of nitrogens with zero attached hydrogens (tertiary/aromatic N) is 3. The molecule has 0 spiro atoms. The molecule has 0 aliphatic heterocycles. The molecule has 32 heavy (non-hydrogen) atoms. The molecule has 0 unspecified atom stereocenters. The highest BCUT2D eigenvalue weighted by Crippen LogP contribution is 2.28. The van der Waals surface area contributed by atoms with E-state index < -0.39 is 0 Å². The molecule has 6 heteroatoms. The number of nitrogens with one attached hydrogen (secondary N) is 1. The summed E-state index contributed by atoms with van der Waals surface area (Å²) in [4.78, 5) is 28.3. The maximum absolute atomic E-state index is 13.2. The summed E-state index contributed by atoms with van der Waals surface area (Å²) < 4.78 is 3.37. The molecular weight excluding hydrogens is 400 g/mol. The summed E-state index contributed by atoms with van der Waals surface area (Å²) in [6.07, 6.45) is 2.48. The largest absolute Gasteiger partial charge is 0.372 e. The van der Waals surface area contributed by atoms with Crippen molar-refractivity contribution in [2.24, 2.45) is 14.1 Å². The first-order chi connectivity index (χ1) is 15.4. The van der Waals surface area contributed by atoms with Crippen molar-refractivity contribution in [1.82, 2.24) is 14.5 Å². The van der Waals surface area contributed by atoms with E-state index in [0.717, 1.165) is 35.8 Å². The first kappa shape index (κ1) is 21.7. The van der Waals surface area contributed by atoms with Crippen LogP contribution < -0.4 is 15.8 Å². The number of rotatable bonds is 7. The zero-order valence-corrected chi connectivity index (χ0v) is 19.2. The Morgan fingerprint density at radius 2 is 1.88 bits per heavy atom. The molecule has 2 aromatic heterocycles. The number of anilines is 1. The van der Waals surface area contributed by atoms with E-state index in [-0.39, 0.29) is 11.5 Å². The van der Waals surface area contributed by atoms with Gasteiger partial charge < -0.3 is 19.4 Å². The lowest BCUT2D eigenvalue weighted by Gasteiger charge is -2.23. The van der Waals surface area contributed by atoms with Crippen LogP contribution in [-0.4, -0.2) is 34.7 Å². The Kier molecular flexibility index (Phi) is 6.04. The molecular formula is C26H30N4O2. The third kappa shape index (κ3) is 3.88. The van der Waals surface area contributed by atoms with E-state index in [1.54, 1.807) is 13.2 Å². The average Bonchev–Trinajstić information content (AvgIpc) is 3.09. The number of pyridine rings is 1. The topological polar surface area (TPSA) is 59.3 Å². The van der Waals surface area contributed by atoms with Gasteiger partial charge in [-0.05, 0) is 44.0 Å². The second-order valence-electron chi connectivity index (χ2n) is 8.29. The van der Waals surface area contributed by atoms with Gasteiger partial charge in [-0.25, -0.2) is 0 Å². The molecule has 1 amide bonds. The number of benzene rings is 2. The van der Waals surface area contributed by atoms with Gasteiger partial charge >= 0.3 is 0 Å². The van der Waals surface area contributed by atoms with Crippen molar-refractivity contribution in [1.29, 1.82) is 0 Å². The van der Waals surface area contributed by atoms with Crippen LogP contribution in [0.25, 0.3) is 21.8 Å². The first-order valence-electron chi connectivity index (χ1n) is 11.1. The number of aryl methyl sites for hydroxylation is 3. The lowest BCUT2D eigenvalue weighted by atomic mass is 10.1. The average molecular weight is 431 g/mol. The van der Waals surface area contributed by atoms with Crippen molar-refractivity contribution in [3.63, 3.8) is 0 Å². The summed E-state index contributed by atoms with van der Waals surface area (Å²) in [6.45, 7) is 6.57. The molecule has 6 nitrogen and oxygen atoms in total. The number of hydrogen-bond donors (Lipinski definition) is 1.